The molecule has 3 saturated carbocycles. The summed E-state index contributed by atoms with van der Waals surface area (Å²) < 4.78 is 71.6. The van der Waals surface area contributed by atoms with E-state index in [9.17, 15) is 117 Å². The number of fused-ring (bicyclic) bond motifs is 5. The summed E-state index contributed by atoms with van der Waals surface area (Å²) in [6.45, 7) is 12.4. The number of nitro groups is 2. The van der Waals surface area contributed by atoms with Gasteiger partial charge in [0.15, 0.2) is 43.8 Å². The largest absolute Gasteiger partial charge is 0.394 e. The van der Waals surface area contributed by atoms with Crippen LogP contribution in [0.5, 0.6) is 0 Å². The zero-order valence-electron chi connectivity index (χ0n) is 59.5. The normalized spacial score (nSPS) is 50.4. The van der Waals surface area contributed by atoms with Gasteiger partial charge in [0, 0.05) is 27.1 Å². The number of rotatable bonds is 25. The number of hydrogen-bond donors (Lipinski definition) is 18. The highest BCUT2D eigenvalue weighted by atomic mass is 16.8. The van der Waals surface area contributed by atoms with Gasteiger partial charge in [-0.05, 0) is 100 Å². The summed E-state index contributed by atoms with van der Waals surface area (Å²) in [5.41, 5.74) is -4.11. The van der Waals surface area contributed by atoms with E-state index >= 15 is 0 Å². The van der Waals surface area contributed by atoms with Gasteiger partial charge in [-0.15, -0.1) is 0 Å². The lowest BCUT2D eigenvalue weighted by Crippen LogP contribution is -2.67. The molecule has 0 aromatic rings. The molecule has 0 aromatic carbocycles. The highest BCUT2D eigenvalue weighted by Crippen LogP contribution is 2.75. The van der Waals surface area contributed by atoms with Crippen LogP contribution in [0.3, 0.4) is 0 Å². The predicted molar refractivity (Wildman–Crippen MR) is 345 cm³/mol. The van der Waals surface area contributed by atoms with E-state index in [1.807, 2.05) is 27.7 Å². The molecular formula is C66H109N3O35. The van der Waals surface area contributed by atoms with E-state index < -0.39 is 273 Å². The molecule has 6 saturated heterocycles. The molecule has 4 aliphatic carbocycles. The number of nitroso groups, excluding NO2 is 1. The van der Waals surface area contributed by atoms with Crippen molar-refractivity contribution in [3.8, 4) is 0 Å². The summed E-state index contributed by atoms with van der Waals surface area (Å²) in [5.74, 6) is -1.08. The first kappa shape index (κ1) is 83.4. The van der Waals surface area contributed by atoms with Crippen LogP contribution in [-0.2, 0) is 56.8 Å². The molecule has 6 aliphatic heterocycles. The quantitative estimate of drug-likeness (QED) is 0.0176. The lowest BCUT2D eigenvalue weighted by atomic mass is 9.37. The molecule has 10 rings (SSSR count). The average Bonchev–Trinajstić information content (AvgIpc) is 1.37. The van der Waals surface area contributed by atoms with Gasteiger partial charge in [-0.25, -0.2) is 0 Å². The Balaban J connectivity index is 0.860. The van der Waals surface area contributed by atoms with Gasteiger partial charge < -0.3 is 149 Å². The van der Waals surface area contributed by atoms with E-state index in [0.717, 1.165) is 5.57 Å². The minimum Gasteiger partial charge on any atom is -0.394 e. The summed E-state index contributed by atoms with van der Waals surface area (Å²) in [6.07, 6.45) is -50.7. The number of hydrogen-bond acceptors (Lipinski definition) is 36. The van der Waals surface area contributed by atoms with Gasteiger partial charge in [-0.2, -0.15) is 4.91 Å². The van der Waals surface area contributed by atoms with Crippen molar-refractivity contribution >= 4 is 0 Å². The Morgan fingerprint density at radius 2 is 1.06 bits per heavy atom. The van der Waals surface area contributed by atoms with Crippen molar-refractivity contribution in [2.24, 2.45) is 50.5 Å². The first-order valence-electron chi connectivity index (χ1n) is 35.8. The zero-order valence-corrected chi connectivity index (χ0v) is 59.5. The van der Waals surface area contributed by atoms with E-state index in [0.29, 0.717) is 32.1 Å². The van der Waals surface area contributed by atoms with Crippen LogP contribution >= 0.6 is 0 Å². The Labute approximate surface area is 598 Å². The Morgan fingerprint density at radius 1 is 0.577 bits per heavy atom. The van der Waals surface area contributed by atoms with Crippen molar-refractivity contribution in [1.29, 1.82) is 0 Å². The molecule has 38 nitrogen and oxygen atoms in total. The summed E-state index contributed by atoms with van der Waals surface area (Å²) in [7, 11) is 0. The first-order chi connectivity index (χ1) is 48.6. The number of aliphatic hydroxyl groups is 18. The molecule has 0 spiro atoms. The molecule has 104 heavy (non-hydrogen) atoms. The zero-order chi connectivity index (χ0) is 76.7. The van der Waals surface area contributed by atoms with Crippen molar-refractivity contribution in [2.75, 3.05) is 32.9 Å². The second kappa shape index (κ2) is 32.3. The summed E-state index contributed by atoms with van der Waals surface area (Å²) in [5, 5.41) is 225. The van der Waals surface area contributed by atoms with Crippen LogP contribution in [0.1, 0.15) is 114 Å². The minimum atomic E-state index is -2.06. The van der Waals surface area contributed by atoms with Crippen molar-refractivity contribution in [3.05, 3.63) is 36.8 Å². The third-order valence-corrected chi connectivity index (χ3v) is 25.4. The van der Waals surface area contributed by atoms with E-state index in [1.165, 1.54) is 20.8 Å². The molecule has 4 unspecified atom stereocenters. The van der Waals surface area contributed by atoms with E-state index in [4.69, 9.17) is 56.8 Å². The Bertz CT molecular complexity index is 2940. The van der Waals surface area contributed by atoms with Gasteiger partial charge in [-0.1, -0.05) is 58.4 Å². The van der Waals surface area contributed by atoms with Crippen LogP contribution < -0.4 is 0 Å². The topological polar surface area (TPSA) is 591 Å². The first-order valence-corrected chi connectivity index (χ1v) is 35.8. The van der Waals surface area contributed by atoms with Crippen LogP contribution in [0.15, 0.2) is 16.8 Å². The third kappa shape index (κ3) is 15.6. The fourth-order valence-electron chi connectivity index (χ4n) is 18.9. The lowest BCUT2D eigenvalue weighted by Gasteiger charge is -2.66. The maximum atomic E-state index is 14.0. The fourth-order valence-corrected chi connectivity index (χ4v) is 18.9. The van der Waals surface area contributed by atoms with Crippen molar-refractivity contribution < 1.29 is 159 Å². The molecule has 598 valence electrons. The van der Waals surface area contributed by atoms with Crippen molar-refractivity contribution in [3.63, 3.8) is 0 Å². The van der Waals surface area contributed by atoms with Gasteiger partial charge >= 0.3 is 0 Å². The molecule has 18 N–H and O–H groups in total. The number of allylic oxidation sites excluding steroid dienone is 1. The van der Waals surface area contributed by atoms with Crippen LogP contribution in [-0.4, -0.2) is 343 Å². The van der Waals surface area contributed by atoms with Gasteiger partial charge in [-0.3, -0.25) is 20.2 Å². The summed E-state index contributed by atoms with van der Waals surface area (Å²) in [6, 6.07) is -1.11. The van der Waals surface area contributed by atoms with Crippen LogP contribution in [0.25, 0.3) is 0 Å². The predicted octanol–water partition coefficient (Wildman–Crippen LogP) is -5.21. The highest BCUT2D eigenvalue weighted by Gasteiger charge is 2.74. The molecule has 0 aromatic heterocycles. The van der Waals surface area contributed by atoms with E-state index in [-0.39, 0.29) is 41.9 Å². The highest BCUT2D eigenvalue weighted by molar-refractivity contribution is 5.32. The molecule has 0 bridgehead atoms. The SMILES string of the molecule is C[C@H](CC[C@@H](O[C@@H]1O[C@H](CO[C@@H]2O[C@H](CO)[C@@H](O)[C@H](O)[C@H]2O)[C@@H](O)[C@H](O)[C@H]1O[C@H]1O[C@@H](CN=O)[C@H](O)[C@@H](O)[C@@H]1O)C(C)(C)O)C1CC[C@@]2(C)C3CC=C4C(CC[C@H](O[C@@H]5O[C@H](C[N+](=O)[O-])[C@@H](O)[C@H](O)[C@H]5O[C@H]5O[C@@H](COC6O[C@H](C)[C@@H](O)[C@H](O)[C@H]6O)[C@H](O)[C@@H](O)[C@@H]5O)C4(C)C)[C@]3(C)[C@H]([N+](=O)[O-])C[C@]12C. The van der Waals surface area contributed by atoms with Crippen LogP contribution in [0.4, 0.5) is 0 Å². The molecule has 40 atom stereocenters. The molecule has 10 aliphatic rings. The second-order valence-corrected chi connectivity index (χ2v) is 32.3. The monoisotopic (exact) mass is 1500 g/mol. The van der Waals surface area contributed by atoms with Crippen LogP contribution in [0, 0.1) is 70.5 Å². The number of ether oxygens (including phenoxy) is 12. The molecule has 9 fully saturated rings. The lowest BCUT2D eigenvalue weighted by molar-refractivity contribution is -0.561. The number of nitrogens with zero attached hydrogens (tertiary/aromatic N) is 3. The number of aliphatic hydroxyl groups excluding tert-OH is 17. The minimum absolute atomic E-state index is 0.0509. The van der Waals surface area contributed by atoms with Gasteiger partial charge in [0.05, 0.1) is 43.7 Å². The summed E-state index contributed by atoms with van der Waals surface area (Å²) >= 11 is 0. The molecule has 0 radical (unpaired) electrons. The van der Waals surface area contributed by atoms with Gasteiger partial charge in [0.1, 0.15) is 141 Å². The Kier molecular flexibility index (Phi) is 25.9. The third-order valence-electron chi connectivity index (χ3n) is 25.4. The maximum absolute atomic E-state index is 14.0. The standard InChI is InChI=1S/C66H109N3O35/c1-24(10-14-37(63(5,6)87)102-61-55(103-58-52(85)45(78)39(72)29(96-58)19-67-88)49(82)43(76)33(100-61)23-94-57-51(84)46(79)41(74)31(21-70)98-57)26-16-17-64(7)34-13-11-27-28(66(34,9)35(69(91)92)18-65(26,64)8)12-15-36(62(27,3)4)101-60-54(48(81)40(73)30(97-60)20-68(89)90)104-59-53(86)47(80)42(75)32(99-59)22-93-56-50(83)44(77)38(71)25(2)95-56/h11,24-26,28-61,70-87H,10,12-23H2,1-9H3/t24-,25-,26?,28?,29+,30-,31-,32+,33-,34?,35-,36+,37-,38-,39+,40-,41-,42+,43-,44+,45-,46+,47-,48+,49+,50-,51-,52+,53+,54-,55-,56?,57-,58-,59-,60+,61+,64+,65-,66+/m1/s1. The molecule has 38 heteroatoms. The maximum Gasteiger partial charge on any atom is 0.232 e. The van der Waals surface area contributed by atoms with Crippen molar-refractivity contribution in [1.82, 2.24) is 0 Å². The molecule has 0 amide bonds. The van der Waals surface area contributed by atoms with E-state index in [2.05, 4.69) is 25.1 Å². The molecule has 6 heterocycles. The summed E-state index contributed by atoms with van der Waals surface area (Å²) in [4.78, 5) is 36.4. The van der Waals surface area contributed by atoms with Gasteiger partial charge in [0.25, 0.3) is 0 Å². The Hall–Kier alpha value is -3.06. The molecular weight excluding hydrogens is 1390 g/mol. The second-order valence-electron chi connectivity index (χ2n) is 32.3. The Morgan fingerprint density at radius 3 is 1.61 bits per heavy atom. The average molecular weight is 1500 g/mol. The fraction of sp³-hybridized carbons (Fsp3) is 0.970. The van der Waals surface area contributed by atoms with Crippen LogP contribution in [0.2, 0.25) is 0 Å². The van der Waals surface area contributed by atoms with Gasteiger partial charge in [0.2, 0.25) is 12.6 Å². The van der Waals surface area contributed by atoms with Crippen molar-refractivity contribution in [2.45, 2.75) is 322 Å². The van der Waals surface area contributed by atoms with E-state index in [1.54, 1.807) is 0 Å². The smallest absolute Gasteiger partial charge is 0.232 e.